The van der Waals surface area contributed by atoms with Gasteiger partial charge in [-0.15, -0.1) is 5.10 Å². The summed E-state index contributed by atoms with van der Waals surface area (Å²) in [4.78, 5) is 11.3. The molecule has 7 heteroatoms. The SMILES string of the molecule is O=c1[nH]nc2ccc(NCC3CCCN3)nn12. The van der Waals surface area contributed by atoms with E-state index in [2.05, 4.69) is 25.9 Å². The van der Waals surface area contributed by atoms with Gasteiger partial charge in [-0.3, -0.25) is 0 Å². The highest BCUT2D eigenvalue weighted by Crippen LogP contribution is 2.07. The summed E-state index contributed by atoms with van der Waals surface area (Å²) < 4.78 is 1.25. The monoisotopic (exact) mass is 234 g/mol. The minimum atomic E-state index is -0.317. The maximum absolute atomic E-state index is 11.3. The van der Waals surface area contributed by atoms with Crippen LogP contribution in [0, 0.1) is 0 Å². The minimum Gasteiger partial charge on any atom is -0.367 e. The highest BCUT2D eigenvalue weighted by atomic mass is 16.2. The van der Waals surface area contributed by atoms with E-state index in [-0.39, 0.29) is 5.69 Å². The third kappa shape index (κ3) is 2.01. The molecule has 1 saturated heterocycles. The Morgan fingerprint density at radius 3 is 3.29 bits per heavy atom. The molecule has 0 aliphatic carbocycles. The second-order valence-corrected chi connectivity index (χ2v) is 4.19. The first kappa shape index (κ1) is 10.3. The van der Waals surface area contributed by atoms with Gasteiger partial charge in [0.05, 0.1) is 0 Å². The highest BCUT2D eigenvalue weighted by molar-refractivity contribution is 5.42. The summed E-state index contributed by atoms with van der Waals surface area (Å²) in [6, 6.07) is 4.08. The van der Waals surface area contributed by atoms with E-state index < -0.39 is 0 Å². The lowest BCUT2D eigenvalue weighted by atomic mass is 10.2. The lowest BCUT2D eigenvalue weighted by molar-refractivity contribution is 0.631. The lowest BCUT2D eigenvalue weighted by Crippen LogP contribution is -2.29. The fraction of sp³-hybridized carbons (Fsp3) is 0.500. The van der Waals surface area contributed by atoms with Crippen LogP contribution in [0.5, 0.6) is 0 Å². The molecule has 90 valence electrons. The number of nitrogens with one attached hydrogen (secondary N) is 3. The number of anilines is 1. The first-order valence-electron chi connectivity index (χ1n) is 5.75. The molecule has 3 N–H and O–H groups in total. The summed E-state index contributed by atoms with van der Waals surface area (Å²) in [5.41, 5.74) is 0.210. The van der Waals surface area contributed by atoms with E-state index in [4.69, 9.17) is 0 Å². The van der Waals surface area contributed by atoms with Crippen molar-refractivity contribution in [3.05, 3.63) is 22.6 Å². The Balaban J connectivity index is 1.75. The third-order valence-electron chi connectivity index (χ3n) is 2.97. The summed E-state index contributed by atoms with van der Waals surface area (Å²) >= 11 is 0. The molecule has 1 atom stereocenters. The van der Waals surface area contributed by atoms with Gasteiger partial charge in [0.25, 0.3) is 0 Å². The summed E-state index contributed by atoms with van der Waals surface area (Å²) in [5, 5.41) is 17.0. The summed E-state index contributed by atoms with van der Waals surface area (Å²) in [7, 11) is 0. The van der Waals surface area contributed by atoms with Crippen molar-refractivity contribution in [1.29, 1.82) is 0 Å². The number of aromatic nitrogens is 4. The maximum atomic E-state index is 11.3. The fourth-order valence-electron chi connectivity index (χ4n) is 2.06. The third-order valence-corrected chi connectivity index (χ3v) is 2.97. The Labute approximate surface area is 97.2 Å². The molecule has 7 nitrogen and oxygen atoms in total. The van der Waals surface area contributed by atoms with Crippen LogP contribution >= 0.6 is 0 Å². The van der Waals surface area contributed by atoms with Crippen molar-refractivity contribution in [1.82, 2.24) is 25.1 Å². The predicted molar refractivity (Wildman–Crippen MR) is 63.1 cm³/mol. The molecule has 1 aliphatic heterocycles. The van der Waals surface area contributed by atoms with Crippen LogP contribution in [0.4, 0.5) is 5.82 Å². The molecule has 2 aromatic heterocycles. The number of hydrogen-bond acceptors (Lipinski definition) is 5. The van der Waals surface area contributed by atoms with E-state index in [1.807, 2.05) is 6.07 Å². The van der Waals surface area contributed by atoms with Crippen molar-refractivity contribution >= 4 is 11.5 Å². The first-order chi connectivity index (χ1) is 8.33. The minimum absolute atomic E-state index is 0.317. The maximum Gasteiger partial charge on any atom is 0.364 e. The number of nitrogens with zero attached hydrogens (tertiary/aromatic N) is 3. The number of H-pyrrole nitrogens is 1. The molecular weight excluding hydrogens is 220 g/mol. The van der Waals surface area contributed by atoms with E-state index in [1.54, 1.807) is 6.07 Å². The van der Waals surface area contributed by atoms with E-state index in [0.717, 1.165) is 13.1 Å². The van der Waals surface area contributed by atoms with Gasteiger partial charge in [0.15, 0.2) is 5.65 Å². The standard InChI is InChI=1S/C10H14N6O/c17-10-14-13-9-4-3-8(15-16(9)10)12-6-7-2-1-5-11-7/h3-4,7,11H,1-2,5-6H2,(H,12,15)(H,14,17). The molecule has 1 fully saturated rings. The van der Waals surface area contributed by atoms with E-state index in [1.165, 1.54) is 17.4 Å². The molecule has 3 heterocycles. The van der Waals surface area contributed by atoms with Crippen LogP contribution in [0.2, 0.25) is 0 Å². The van der Waals surface area contributed by atoms with Crippen molar-refractivity contribution in [2.24, 2.45) is 0 Å². The van der Waals surface area contributed by atoms with Gasteiger partial charge in [0.1, 0.15) is 5.82 Å². The van der Waals surface area contributed by atoms with Gasteiger partial charge in [-0.25, -0.2) is 9.89 Å². The largest absolute Gasteiger partial charge is 0.367 e. The molecule has 0 aromatic carbocycles. The number of hydrogen-bond donors (Lipinski definition) is 3. The first-order valence-corrected chi connectivity index (χ1v) is 5.75. The van der Waals surface area contributed by atoms with E-state index >= 15 is 0 Å². The zero-order chi connectivity index (χ0) is 11.7. The topological polar surface area (TPSA) is 87.1 Å². The van der Waals surface area contributed by atoms with Crippen LogP contribution in [0.15, 0.2) is 16.9 Å². The van der Waals surface area contributed by atoms with Gasteiger partial charge >= 0.3 is 5.69 Å². The normalized spacial score (nSPS) is 19.9. The molecule has 0 spiro atoms. The Morgan fingerprint density at radius 2 is 2.47 bits per heavy atom. The average molecular weight is 234 g/mol. The Morgan fingerprint density at radius 1 is 1.53 bits per heavy atom. The zero-order valence-corrected chi connectivity index (χ0v) is 9.31. The number of aromatic amines is 1. The van der Waals surface area contributed by atoms with Crippen molar-refractivity contribution in [3.8, 4) is 0 Å². The van der Waals surface area contributed by atoms with Crippen LogP contribution in [0.3, 0.4) is 0 Å². The summed E-state index contributed by atoms with van der Waals surface area (Å²) in [6.45, 7) is 1.91. The Kier molecular flexibility index (Phi) is 2.52. The molecule has 2 aromatic rings. The zero-order valence-electron chi connectivity index (χ0n) is 9.31. The Bertz CT molecular complexity index is 567. The Hall–Kier alpha value is -1.89. The molecule has 1 unspecified atom stereocenters. The quantitative estimate of drug-likeness (QED) is 0.671. The smallest absolute Gasteiger partial charge is 0.364 e. The van der Waals surface area contributed by atoms with Crippen molar-refractivity contribution in [2.45, 2.75) is 18.9 Å². The molecule has 0 bridgehead atoms. The summed E-state index contributed by atoms with van der Waals surface area (Å²) in [6.07, 6.45) is 2.40. The predicted octanol–water partition coefficient (Wildman–Crippen LogP) is -0.419. The second-order valence-electron chi connectivity index (χ2n) is 4.19. The van der Waals surface area contributed by atoms with Gasteiger partial charge < -0.3 is 10.6 Å². The van der Waals surface area contributed by atoms with Gasteiger partial charge in [-0.05, 0) is 31.5 Å². The second kappa shape index (κ2) is 4.17. The summed E-state index contributed by atoms with van der Waals surface area (Å²) in [5.74, 6) is 0.690. The molecule has 17 heavy (non-hydrogen) atoms. The molecular formula is C10H14N6O. The van der Waals surface area contributed by atoms with Crippen LogP contribution in [-0.2, 0) is 0 Å². The molecule has 0 saturated carbocycles. The van der Waals surface area contributed by atoms with Crippen LogP contribution in [-0.4, -0.2) is 38.9 Å². The van der Waals surface area contributed by atoms with Gasteiger partial charge in [-0.2, -0.15) is 9.61 Å². The van der Waals surface area contributed by atoms with E-state index in [0.29, 0.717) is 17.5 Å². The average Bonchev–Trinajstić information content (AvgIpc) is 2.97. The van der Waals surface area contributed by atoms with Gasteiger partial charge in [0, 0.05) is 12.6 Å². The lowest BCUT2D eigenvalue weighted by Gasteiger charge is -2.11. The van der Waals surface area contributed by atoms with Crippen molar-refractivity contribution in [2.75, 3.05) is 18.4 Å². The molecule has 3 rings (SSSR count). The highest BCUT2D eigenvalue weighted by Gasteiger charge is 2.13. The molecule has 0 amide bonds. The number of fused-ring (bicyclic) bond motifs is 1. The molecule has 0 radical (unpaired) electrons. The number of rotatable bonds is 3. The van der Waals surface area contributed by atoms with Crippen molar-refractivity contribution < 1.29 is 0 Å². The molecule has 1 aliphatic rings. The van der Waals surface area contributed by atoms with E-state index in [9.17, 15) is 4.79 Å². The van der Waals surface area contributed by atoms with Crippen LogP contribution in [0.1, 0.15) is 12.8 Å². The van der Waals surface area contributed by atoms with Crippen LogP contribution < -0.4 is 16.3 Å². The van der Waals surface area contributed by atoms with Crippen molar-refractivity contribution in [3.63, 3.8) is 0 Å². The van der Waals surface area contributed by atoms with Gasteiger partial charge in [-0.1, -0.05) is 0 Å². The fourth-order valence-corrected chi connectivity index (χ4v) is 2.06. The van der Waals surface area contributed by atoms with Gasteiger partial charge in [0.2, 0.25) is 0 Å². The van der Waals surface area contributed by atoms with Crippen LogP contribution in [0.25, 0.3) is 5.65 Å².